The highest BCUT2D eigenvalue weighted by Gasteiger charge is 2.07. The third-order valence-electron chi connectivity index (χ3n) is 2.75. The number of rotatable bonds is 8. The van der Waals surface area contributed by atoms with Crippen molar-refractivity contribution < 1.29 is 9.53 Å². The van der Waals surface area contributed by atoms with Crippen molar-refractivity contribution in [1.29, 1.82) is 5.26 Å². The number of esters is 1. The van der Waals surface area contributed by atoms with Crippen LogP contribution in [0.3, 0.4) is 0 Å². The standard InChI is InChI=1S/C14H19N3O2/c1-19-14(18)6-3-9-17(10-4-7-15)12-13-5-2-8-16-11-13/h2,5,8,11H,3-4,6,9-10,12H2,1H3. The van der Waals surface area contributed by atoms with Gasteiger partial charge in [-0.05, 0) is 24.6 Å². The number of hydrogen-bond acceptors (Lipinski definition) is 5. The molecular formula is C14H19N3O2. The van der Waals surface area contributed by atoms with Crippen LogP contribution in [-0.2, 0) is 16.1 Å². The number of nitrogens with zero attached hydrogens (tertiary/aromatic N) is 3. The number of carbonyl (C=O) groups is 1. The van der Waals surface area contributed by atoms with E-state index in [-0.39, 0.29) is 5.97 Å². The summed E-state index contributed by atoms with van der Waals surface area (Å²) in [6.45, 7) is 2.22. The third kappa shape index (κ3) is 6.53. The summed E-state index contributed by atoms with van der Waals surface area (Å²) in [7, 11) is 1.39. The molecule has 0 bridgehead atoms. The fourth-order valence-electron chi connectivity index (χ4n) is 1.78. The monoisotopic (exact) mass is 261 g/mol. The van der Waals surface area contributed by atoms with E-state index in [0.717, 1.165) is 25.1 Å². The summed E-state index contributed by atoms with van der Waals surface area (Å²) in [5, 5.41) is 8.67. The molecule has 0 aliphatic carbocycles. The summed E-state index contributed by atoms with van der Waals surface area (Å²) < 4.78 is 4.61. The first kappa shape index (κ1) is 15.1. The third-order valence-corrected chi connectivity index (χ3v) is 2.75. The quantitative estimate of drug-likeness (QED) is 0.667. The number of hydrogen-bond donors (Lipinski definition) is 0. The predicted molar refractivity (Wildman–Crippen MR) is 71.0 cm³/mol. The number of aromatic nitrogens is 1. The molecule has 5 heteroatoms. The largest absolute Gasteiger partial charge is 0.469 e. The van der Waals surface area contributed by atoms with E-state index >= 15 is 0 Å². The molecular weight excluding hydrogens is 242 g/mol. The number of methoxy groups -OCH3 is 1. The zero-order valence-corrected chi connectivity index (χ0v) is 11.2. The topological polar surface area (TPSA) is 66.2 Å². The molecule has 1 heterocycles. The minimum absolute atomic E-state index is 0.193. The molecule has 0 saturated heterocycles. The Balaban J connectivity index is 2.43. The molecule has 1 rings (SSSR count). The summed E-state index contributed by atoms with van der Waals surface area (Å²) in [4.78, 5) is 17.3. The van der Waals surface area contributed by atoms with Gasteiger partial charge in [-0.15, -0.1) is 0 Å². The molecule has 0 N–H and O–H groups in total. The van der Waals surface area contributed by atoms with Crippen LogP contribution in [0.4, 0.5) is 0 Å². The predicted octanol–water partition coefficient (Wildman–Crippen LogP) is 1.75. The second kappa shape index (κ2) is 9.06. The average molecular weight is 261 g/mol. The Morgan fingerprint density at radius 2 is 2.37 bits per heavy atom. The van der Waals surface area contributed by atoms with Crippen molar-refractivity contribution in [2.45, 2.75) is 25.8 Å². The van der Waals surface area contributed by atoms with E-state index in [9.17, 15) is 4.79 Å². The van der Waals surface area contributed by atoms with E-state index in [1.54, 1.807) is 6.20 Å². The second-order valence-electron chi connectivity index (χ2n) is 4.23. The maximum absolute atomic E-state index is 11.1. The van der Waals surface area contributed by atoms with Crippen LogP contribution in [-0.4, -0.2) is 36.1 Å². The highest BCUT2D eigenvalue weighted by molar-refractivity contribution is 5.69. The van der Waals surface area contributed by atoms with Gasteiger partial charge in [-0.1, -0.05) is 6.07 Å². The number of carbonyl (C=O) groups excluding carboxylic acids is 1. The van der Waals surface area contributed by atoms with Crippen LogP contribution >= 0.6 is 0 Å². The highest BCUT2D eigenvalue weighted by Crippen LogP contribution is 2.06. The van der Waals surface area contributed by atoms with Gasteiger partial charge in [0, 0.05) is 38.3 Å². The van der Waals surface area contributed by atoms with Crippen LogP contribution in [0.15, 0.2) is 24.5 Å². The zero-order chi connectivity index (χ0) is 13.9. The molecule has 0 saturated carbocycles. The fourth-order valence-corrected chi connectivity index (χ4v) is 1.78. The van der Waals surface area contributed by atoms with Crippen LogP contribution in [0, 0.1) is 11.3 Å². The van der Waals surface area contributed by atoms with Gasteiger partial charge in [0.15, 0.2) is 0 Å². The Labute approximate surface area is 113 Å². The summed E-state index contributed by atoms with van der Waals surface area (Å²) in [6, 6.07) is 6.05. The van der Waals surface area contributed by atoms with Gasteiger partial charge in [0.25, 0.3) is 0 Å². The molecule has 0 radical (unpaired) electrons. The molecule has 0 unspecified atom stereocenters. The summed E-state index contributed by atoms with van der Waals surface area (Å²) in [5.74, 6) is -0.193. The summed E-state index contributed by atoms with van der Waals surface area (Å²) >= 11 is 0. The first-order valence-electron chi connectivity index (χ1n) is 6.31. The molecule has 0 aliphatic heterocycles. The fraction of sp³-hybridized carbons (Fsp3) is 0.500. The normalized spacial score (nSPS) is 10.2. The molecule has 0 spiro atoms. The summed E-state index contributed by atoms with van der Waals surface area (Å²) in [6.07, 6.45) is 5.18. The van der Waals surface area contributed by atoms with E-state index in [0.29, 0.717) is 19.4 Å². The second-order valence-corrected chi connectivity index (χ2v) is 4.23. The van der Waals surface area contributed by atoms with E-state index in [4.69, 9.17) is 5.26 Å². The molecule has 1 aromatic rings. The lowest BCUT2D eigenvalue weighted by Crippen LogP contribution is -2.26. The minimum Gasteiger partial charge on any atom is -0.469 e. The van der Waals surface area contributed by atoms with Crippen molar-refractivity contribution in [3.05, 3.63) is 30.1 Å². The van der Waals surface area contributed by atoms with E-state index in [1.165, 1.54) is 7.11 Å². The van der Waals surface area contributed by atoms with Gasteiger partial charge in [-0.2, -0.15) is 5.26 Å². The Bertz CT molecular complexity index is 414. The molecule has 1 aromatic heterocycles. The molecule has 0 atom stereocenters. The van der Waals surface area contributed by atoms with Gasteiger partial charge in [0.05, 0.1) is 13.2 Å². The summed E-state index contributed by atoms with van der Waals surface area (Å²) in [5.41, 5.74) is 1.11. The maximum Gasteiger partial charge on any atom is 0.305 e. The van der Waals surface area contributed by atoms with E-state index in [1.807, 2.05) is 18.3 Å². The van der Waals surface area contributed by atoms with Crippen molar-refractivity contribution in [2.24, 2.45) is 0 Å². The van der Waals surface area contributed by atoms with Crippen LogP contribution in [0.2, 0.25) is 0 Å². The van der Waals surface area contributed by atoms with Crippen molar-refractivity contribution >= 4 is 5.97 Å². The van der Waals surface area contributed by atoms with Gasteiger partial charge < -0.3 is 4.74 Å². The van der Waals surface area contributed by atoms with E-state index < -0.39 is 0 Å². The lowest BCUT2D eigenvalue weighted by molar-refractivity contribution is -0.140. The number of pyridine rings is 1. The Hall–Kier alpha value is -1.93. The van der Waals surface area contributed by atoms with Gasteiger partial charge in [-0.25, -0.2) is 0 Å². The zero-order valence-electron chi connectivity index (χ0n) is 11.2. The number of ether oxygens (including phenoxy) is 1. The highest BCUT2D eigenvalue weighted by atomic mass is 16.5. The van der Waals surface area contributed by atoms with Crippen molar-refractivity contribution in [3.63, 3.8) is 0 Å². The first-order chi connectivity index (χ1) is 9.26. The molecule has 0 amide bonds. The van der Waals surface area contributed by atoms with Crippen LogP contribution in [0.1, 0.15) is 24.8 Å². The smallest absolute Gasteiger partial charge is 0.305 e. The van der Waals surface area contributed by atoms with Crippen molar-refractivity contribution in [1.82, 2.24) is 9.88 Å². The van der Waals surface area contributed by atoms with Crippen LogP contribution in [0.25, 0.3) is 0 Å². The maximum atomic E-state index is 11.1. The van der Waals surface area contributed by atoms with Gasteiger partial charge in [0.2, 0.25) is 0 Å². The molecule has 0 fully saturated rings. The van der Waals surface area contributed by atoms with E-state index in [2.05, 4.69) is 20.7 Å². The Morgan fingerprint density at radius 3 is 3.00 bits per heavy atom. The SMILES string of the molecule is COC(=O)CCCN(CCC#N)Cc1cccnc1. The Morgan fingerprint density at radius 1 is 1.53 bits per heavy atom. The molecule has 102 valence electrons. The average Bonchev–Trinajstić information content (AvgIpc) is 2.45. The first-order valence-corrected chi connectivity index (χ1v) is 6.31. The lowest BCUT2D eigenvalue weighted by atomic mass is 10.2. The van der Waals surface area contributed by atoms with Crippen molar-refractivity contribution in [3.8, 4) is 6.07 Å². The molecule has 5 nitrogen and oxygen atoms in total. The van der Waals surface area contributed by atoms with Gasteiger partial charge in [0.1, 0.15) is 0 Å². The van der Waals surface area contributed by atoms with Crippen LogP contribution < -0.4 is 0 Å². The van der Waals surface area contributed by atoms with Gasteiger partial charge in [-0.3, -0.25) is 14.7 Å². The van der Waals surface area contributed by atoms with Crippen molar-refractivity contribution in [2.75, 3.05) is 20.2 Å². The molecule has 0 aromatic carbocycles. The minimum atomic E-state index is -0.193. The lowest BCUT2D eigenvalue weighted by Gasteiger charge is -2.20. The number of nitriles is 1. The molecule has 19 heavy (non-hydrogen) atoms. The Kier molecular flexibility index (Phi) is 7.21. The van der Waals surface area contributed by atoms with Gasteiger partial charge >= 0.3 is 5.97 Å². The molecule has 0 aliphatic rings. The van der Waals surface area contributed by atoms with Crippen LogP contribution in [0.5, 0.6) is 0 Å².